The summed E-state index contributed by atoms with van der Waals surface area (Å²) >= 11 is 0. The first-order valence-electron chi connectivity index (χ1n) is 5.36. The van der Waals surface area contributed by atoms with Crippen LogP contribution in [0.1, 0.15) is 46.5 Å². The summed E-state index contributed by atoms with van der Waals surface area (Å²) in [6, 6.07) is 0. The average molecular weight is 198 g/mol. The van der Waals surface area contributed by atoms with Crippen LogP contribution in [0.2, 0.25) is 0 Å². The van der Waals surface area contributed by atoms with Crippen LogP contribution in [-0.4, -0.2) is 12.5 Å². The maximum Gasteiger partial charge on any atom is 0.246 e. The molecule has 0 bridgehead atoms. The Hall–Kier alpha value is -0.990. The minimum atomic E-state index is -0.320. The van der Waals surface area contributed by atoms with Gasteiger partial charge in [-0.05, 0) is 26.2 Å². The zero-order chi connectivity index (χ0) is 11.0. The van der Waals surface area contributed by atoms with Gasteiger partial charge in [-0.3, -0.25) is 4.79 Å². The molecule has 82 valence electrons. The fourth-order valence-electron chi connectivity index (χ4n) is 1.19. The van der Waals surface area contributed by atoms with E-state index < -0.39 is 0 Å². The number of rotatable bonds is 7. The zero-order valence-corrected chi connectivity index (χ0v) is 9.52. The third kappa shape index (κ3) is 4.90. The molecular formula is C11H22N2O. The zero-order valence-electron chi connectivity index (χ0n) is 9.52. The summed E-state index contributed by atoms with van der Waals surface area (Å²) in [5.41, 5.74) is 6.93. The van der Waals surface area contributed by atoms with E-state index in [0.717, 1.165) is 37.9 Å². The second-order valence-electron chi connectivity index (χ2n) is 3.50. The number of allylic oxidation sites excluding steroid dienone is 1. The molecule has 0 fully saturated rings. The quantitative estimate of drug-likeness (QED) is 0.614. The lowest BCUT2D eigenvalue weighted by molar-refractivity contribution is -0.114. The first-order valence-corrected chi connectivity index (χ1v) is 5.36. The van der Waals surface area contributed by atoms with Crippen molar-refractivity contribution < 1.29 is 4.79 Å². The summed E-state index contributed by atoms with van der Waals surface area (Å²) in [6.07, 6.45) is 4.20. The molecule has 0 radical (unpaired) electrons. The van der Waals surface area contributed by atoms with Gasteiger partial charge in [-0.1, -0.05) is 20.3 Å². The second-order valence-corrected chi connectivity index (χ2v) is 3.50. The predicted octanol–water partition coefficient (Wildman–Crippen LogP) is 1.94. The van der Waals surface area contributed by atoms with Crippen LogP contribution in [0.4, 0.5) is 0 Å². The number of amides is 1. The van der Waals surface area contributed by atoms with Gasteiger partial charge in [-0.25, -0.2) is 0 Å². The Morgan fingerprint density at radius 3 is 2.36 bits per heavy atom. The highest BCUT2D eigenvalue weighted by Crippen LogP contribution is 2.09. The lowest BCUT2D eigenvalue weighted by Gasteiger charge is -2.12. The van der Waals surface area contributed by atoms with Gasteiger partial charge in [0.25, 0.3) is 0 Å². The van der Waals surface area contributed by atoms with E-state index in [9.17, 15) is 4.79 Å². The standard InChI is InChI=1S/C11H22N2O/c1-4-6-7-10(13-8-5-2)9(3)11(12)14/h13H,4-8H2,1-3H3,(H2,12,14)/b10-9+. The van der Waals surface area contributed by atoms with Crippen LogP contribution in [0.5, 0.6) is 0 Å². The summed E-state index contributed by atoms with van der Waals surface area (Å²) in [4.78, 5) is 11.0. The number of carbonyl (C=O) groups excluding carboxylic acids is 1. The fraction of sp³-hybridized carbons (Fsp3) is 0.727. The highest BCUT2D eigenvalue weighted by Gasteiger charge is 2.06. The molecule has 0 saturated carbocycles. The van der Waals surface area contributed by atoms with Crippen molar-refractivity contribution in [1.29, 1.82) is 0 Å². The largest absolute Gasteiger partial charge is 0.388 e. The number of carbonyl (C=O) groups is 1. The van der Waals surface area contributed by atoms with Crippen LogP contribution in [0, 0.1) is 0 Å². The van der Waals surface area contributed by atoms with E-state index in [4.69, 9.17) is 5.73 Å². The van der Waals surface area contributed by atoms with Crippen molar-refractivity contribution in [1.82, 2.24) is 5.32 Å². The Kier molecular flexibility index (Phi) is 6.89. The predicted molar refractivity (Wildman–Crippen MR) is 59.7 cm³/mol. The van der Waals surface area contributed by atoms with Gasteiger partial charge < -0.3 is 11.1 Å². The van der Waals surface area contributed by atoms with Crippen molar-refractivity contribution in [3.05, 3.63) is 11.3 Å². The van der Waals surface area contributed by atoms with E-state index >= 15 is 0 Å². The third-order valence-corrected chi connectivity index (χ3v) is 2.19. The van der Waals surface area contributed by atoms with Crippen molar-refractivity contribution in [2.24, 2.45) is 5.73 Å². The van der Waals surface area contributed by atoms with E-state index in [1.165, 1.54) is 0 Å². The summed E-state index contributed by atoms with van der Waals surface area (Å²) in [6.45, 7) is 6.93. The van der Waals surface area contributed by atoms with E-state index in [0.29, 0.717) is 5.57 Å². The van der Waals surface area contributed by atoms with Crippen LogP contribution in [0.3, 0.4) is 0 Å². The van der Waals surface area contributed by atoms with Gasteiger partial charge >= 0.3 is 0 Å². The smallest absolute Gasteiger partial charge is 0.246 e. The van der Waals surface area contributed by atoms with Crippen LogP contribution in [-0.2, 0) is 4.79 Å². The van der Waals surface area contributed by atoms with Gasteiger partial charge in [-0.15, -0.1) is 0 Å². The Balaban J connectivity index is 4.35. The van der Waals surface area contributed by atoms with Gasteiger partial charge in [0.15, 0.2) is 0 Å². The molecule has 3 heteroatoms. The summed E-state index contributed by atoms with van der Waals surface area (Å²) in [5, 5.41) is 3.26. The average Bonchev–Trinajstić information content (AvgIpc) is 2.17. The number of hydrogen-bond donors (Lipinski definition) is 2. The SMILES string of the molecule is CCCC/C(NCCC)=C(/C)C(N)=O. The van der Waals surface area contributed by atoms with Crippen molar-refractivity contribution >= 4 is 5.91 Å². The Bertz CT molecular complexity index is 199. The Morgan fingerprint density at radius 1 is 1.29 bits per heavy atom. The molecule has 0 rings (SSSR count). The highest BCUT2D eigenvalue weighted by molar-refractivity contribution is 5.91. The molecule has 0 aromatic rings. The van der Waals surface area contributed by atoms with Crippen molar-refractivity contribution in [3.63, 3.8) is 0 Å². The summed E-state index contributed by atoms with van der Waals surface area (Å²) in [5.74, 6) is -0.320. The van der Waals surface area contributed by atoms with E-state index in [1.54, 1.807) is 6.92 Å². The lowest BCUT2D eigenvalue weighted by atomic mass is 10.1. The number of nitrogens with two attached hydrogens (primary N) is 1. The molecule has 3 N–H and O–H groups in total. The molecule has 0 unspecified atom stereocenters. The van der Waals surface area contributed by atoms with Crippen molar-refractivity contribution in [2.75, 3.05) is 6.54 Å². The second kappa shape index (κ2) is 7.42. The molecule has 0 aliphatic heterocycles. The minimum absolute atomic E-state index is 0.320. The van der Waals surface area contributed by atoms with Gasteiger partial charge in [0, 0.05) is 17.8 Å². The molecule has 0 aromatic heterocycles. The molecule has 0 atom stereocenters. The summed E-state index contributed by atoms with van der Waals surface area (Å²) < 4.78 is 0. The first-order chi connectivity index (χ1) is 6.63. The fourth-order valence-corrected chi connectivity index (χ4v) is 1.19. The Morgan fingerprint density at radius 2 is 1.93 bits per heavy atom. The minimum Gasteiger partial charge on any atom is -0.388 e. The van der Waals surface area contributed by atoms with Crippen LogP contribution < -0.4 is 11.1 Å². The van der Waals surface area contributed by atoms with Crippen molar-refractivity contribution in [3.8, 4) is 0 Å². The van der Waals surface area contributed by atoms with Gasteiger partial charge in [0.1, 0.15) is 0 Å². The number of hydrogen-bond acceptors (Lipinski definition) is 2. The lowest BCUT2D eigenvalue weighted by Crippen LogP contribution is -2.22. The van der Waals surface area contributed by atoms with Gasteiger partial charge in [-0.2, -0.15) is 0 Å². The monoisotopic (exact) mass is 198 g/mol. The molecular weight excluding hydrogens is 176 g/mol. The van der Waals surface area contributed by atoms with Crippen LogP contribution in [0.25, 0.3) is 0 Å². The topological polar surface area (TPSA) is 55.1 Å². The van der Waals surface area contributed by atoms with Crippen molar-refractivity contribution in [2.45, 2.75) is 46.5 Å². The van der Waals surface area contributed by atoms with Gasteiger partial charge in [0.2, 0.25) is 5.91 Å². The molecule has 0 aliphatic rings. The van der Waals surface area contributed by atoms with E-state index in [-0.39, 0.29) is 5.91 Å². The molecule has 0 saturated heterocycles. The Labute approximate surface area is 86.8 Å². The molecule has 0 heterocycles. The molecule has 1 amide bonds. The molecule has 3 nitrogen and oxygen atoms in total. The number of nitrogens with one attached hydrogen (secondary N) is 1. The van der Waals surface area contributed by atoms with Gasteiger partial charge in [0.05, 0.1) is 0 Å². The van der Waals surface area contributed by atoms with E-state index in [2.05, 4.69) is 19.2 Å². The number of primary amides is 1. The van der Waals surface area contributed by atoms with E-state index in [1.807, 2.05) is 0 Å². The normalized spacial score (nSPS) is 12.2. The number of unbranched alkanes of at least 4 members (excludes halogenated alkanes) is 1. The molecule has 0 spiro atoms. The molecule has 14 heavy (non-hydrogen) atoms. The highest BCUT2D eigenvalue weighted by atomic mass is 16.1. The molecule has 0 aliphatic carbocycles. The molecule has 0 aromatic carbocycles. The third-order valence-electron chi connectivity index (χ3n) is 2.19. The first kappa shape index (κ1) is 13.0. The van der Waals surface area contributed by atoms with Crippen LogP contribution >= 0.6 is 0 Å². The summed E-state index contributed by atoms with van der Waals surface area (Å²) in [7, 11) is 0. The maximum atomic E-state index is 11.0. The maximum absolute atomic E-state index is 11.0. The van der Waals surface area contributed by atoms with Crippen LogP contribution in [0.15, 0.2) is 11.3 Å².